The molecule has 2 aliphatic heterocycles. The predicted molar refractivity (Wildman–Crippen MR) is 131 cm³/mol. The second-order valence-electron chi connectivity index (χ2n) is 9.56. The second-order valence-corrected chi connectivity index (χ2v) is 9.56. The number of aryl methyl sites for hydroxylation is 2. The van der Waals surface area contributed by atoms with Gasteiger partial charge in [0.25, 0.3) is 0 Å². The van der Waals surface area contributed by atoms with Crippen molar-refractivity contribution in [3.05, 3.63) is 53.5 Å². The van der Waals surface area contributed by atoms with Gasteiger partial charge >= 0.3 is 0 Å². The molecule has 0 bridgehead atoms. The molecule has 4 heterocycles. The van der Waals surface area contributed by atoms with Crippen molar-refractivity contribution in [2.75, 3.05) is 24.6 Å². The molecule has 0 unspecified atom stereocenters. The van der Waals surface area contributed by atoms with E-state index in [0.29, 0.717) is 51.9 Å². The third-order valence-corrected chi connectivity index (χ3v) is 7.34. The number of ether oxygens (including phenoxy) is 1. The third kappa shape index (κ3) is 3.50. The van der Waals surface area contributed by atoms with Gasteiger partial charge in [0.1, 0.15) is 34.4 Å². The van der Waals surface area contributed by atoms with Crippen LogP contribution in [-0.4, -0.2) is 45.4 Å². The monoisotopic (exact) mass is 476 g/mol. The molecule has 1 atom stereocenters. The van der Waals surface area contributed by atoms with Crippen molar-refractivity contribution in [3.8, 4) is 17.0 Å². The number of aromatic nitrogens is 3. The summed E-state index contributed by atoms with van der Waals surface area (Å²) in [6, 6.07) is 5.95. The van der Waals surface area contributed by atoms with Crippen molar-refractivity contribution < 1.29 is 18.6 Å². The van der Waals surface area contributed by atoms with E-state index >= 15 is 4.39 Å². The molecule has 2 aromatic heterocycles. The molecule has 2 aromatic carbocycles. The van der Waals surface area contributed by atoms with Gasteiger partial charge in [0.2, 0.25) is 0 Å². The quantitative estimate of drug-likeness (QED) is 0.424. The number of anilines is 1. The van der Waals surface area contributed by atoms with Crippen LogP contribution in [0.3, 0.4) is 0 Å². The van der Waals surface area contributed by atoms with Crippen LogP contribution in [0.4, 0.5) is 14.6 Å². The lowest BCUT2D eigenvalue weighted by molar-refractivity contribution is -0.151. The molecule has 2 aliphatic rings. The van der Waals surface area contributed by atoms with Crippen LogP contribution in [0, 0.1) is 18.6 Å². The minimum atomic E-state index is -0.612. The van der Waals surface area contributed by atoms with E-state index in [4.69, 9.17) is 4.74 Å². The van der Waals surface area contributed by atoms with E-state index in [9.17, 15) is 9.50 Å². The summed E-state index contributed by atoms with van der Waals surface area (Å²) in [6.07, 6.45) is 5.01. The summed E-state index contributed by atoms with van der Waals surface area (Å²) >= 11 is 0. The number of hydrogen-bond donors (Lipinski definition) is 1. The maximum absolute atomic E-state index is 16.1. The van der Waals surface area contributed by atoms with E-state index in [1.54, 1.807) is 25.3 Å². The van der Waals surface area contributed by atoms with Crippen LogP contribution < -0.4 is 4.90 Å². The van der Waals surface area contributed by atoms with Crippen LogP contribution in [0.25, 0.3) is 32.9 Å². The molecule has 6 nitrogen and oxygen atoms in total. The van der Waals surface area contributed by atoms with Crippen molar-refractivity contribution in [1.82, 2.24) is 15.0 Å². The fraction of sp³-hybridized carbons (Fsp3) is 0.370. The lowest BCUT2D eigenvalue weighted by atomic mass is 9.86. The van der Waals surface area contributed by atoms with Crippen molar-refractivity contribution in [1.29, 1.82) is 0 Å². The zero-order valence-electron chi connectivity index (χ0n) is 19.7. The highest BCUT2D eigenvalue weighted by Crippen LogP contribution is 2.40. The predicted octanol–water partition coefficient (Wildman–Crippen LogP) is 5.46. The Morgan fingerprint density at radius 2 is 2.00 bits per heavy atom. The van der Waals surface area contributed by atoms with E-state index in [1.165, 1.54) is 12.1 Å². The van der Waals surface area contributed by atoms with E-state index in [2.05, 4.69) is 19.9 Å². The van der Waals surface area contributed by atoms with Gasteiger partial charge in [-0.25, -0.2) is 18.7 Å². The van der Waals surface area contributed by atoms with Gasteiger partial charge in [-0.1, -0.05) is 13.0 Å². The highest BCUT2D eigenvalue weighted by molar-refractivity contribution is 6.01. The molecule has 6 rings (SSSR count). The molecule has 1 spiro atoms. The Morgan fingerprint density at radius 1 is 1.17 bits per heavy atom. The van der Waals surface area contributed by atoms with Crippen LogP contribution in [0.5, 0.6) is 5.75 Å². The molecule has 4 aromatic rings. The maximum atomic E-state index is 16.1. The van der Waals surface area contributed by atoms with Crippen molar-refractivity contribution >= 4 is 27.5 Å². The van der Waals surface area contributed by atoms with Crippen molar-refractivity contribution in [3.63, 3.8) is 0 Å². The van der Waals surface area contributed by atoms with Gasteiger partial charge in [0.05, 0.1) is 17.6 Å². The summed E-state index contributed by atoms with van der Waals surface area (Å²) in [7, 11) is 0. The number of nitrogens with zero attached hydrogens (tertiary/aromatic N) is 4. The Balaban J connectivity index is 1.55. The molecule has 2 saturated heterocycles. The zero-order chi connectivity index (χ0) is 24.3. The first-order valence-corrected chi connectivity index (χ1v) is 12.1. The van der Waals surface area contributed by atoms with Gasteiger partial charge in [-0.15, -0.1) is 0 Å². The van der Waals surface area contributed by atoms with Gasteiger partial charge in [-0.05, 0) is 60.7 Å². The van der Waals surface area contributed by atoms with Gasteiger partial charge in [0, 0.05) is 31.3 Å². The Kier molecular flexibility index (Phi) is 5.11. The first-order chi connectivity index (χ1) is 16.9. The molecule has 0 saturated carbocycles. The van der Waals surface area contributed by atoms with E-state index < -0.39 is 5.82 Å². The standard InChI is InChI=1S/C27H26F2N4O2/c1-3-18-21(28)6-5-16-11-17(34)12-19(22(16)18)24-23(29)25-20(13-30-24)26(32-15(2)31-25)33-9-4-7-27(14-33)8-10-35-27/h5-6,11-13,34H,3-4,7-10,14H2,1-2H3/t27-/m1/s1. The molecule has 0 radical (unpaired) electrons. The number of benzene rings is 2. The first kappa shape index (κ1) is 22.1. The highest BCUT2D eigenvalue weighted by Gasteiger charge is 2.42. The number of phenolic OH excluding ortho intramolecular Hbond substituents is 1. The summed E-state index contributed by atoms with van der Waals surface area (Å²) in [4.78, 5) is 15.7. The largest absolute Gasteiger partial charge is 0.508 e. The molecule has 35 heavy (non-hydrogen) atoms. The van der Waals surface area contributed by atoms with Crippen molar-refractivity contribution in [2.24, 2.45) is 0 Å². The lowest BCUT2D eigenvalue weighted by Gasteiger charge is -2.48. The molecule has 2 fully saturated rings. The van der Waals surface area contributed by atoms with E-state index in [0.717, 1.165) is 32.4 Å². The number of hydrogen-bond acceptors (Lipinski definition) is 6. The number of halogens is 2. The minimum absolute atomic E-state index is 0.0280. The van der Waals surface area contributed by atoms with Crippen LogP contribution >= 0.6 is 0 Å². The van der Waals surface area contributed by atoms with Gasteiger partial charge in [-0.3, -0.25) is 4.98 Å². The molecule has 180 valence electrons. The maximum Gasteiger partial charge on any atom is 0.175 e. The Bertz CT molecular complexity index is 1490. The number of pyridine rings is 1. The molecule has 1 N–H and O–H groups in total. The summed E-state index contributed by atoms with van der Waals surface area (Å²) < 4.78 is 36.7. The molecule has 8 heteroatoms. The summed E-state index contributed by atoms with van der Waals surface area (Å²) in [6.45, 7) is 5.87. The summed E-state index contributed by atoms with van der Waals surface area (Å²) in [5.41, 5.74) is 0.847. The highest BCUT2D eigenvalue weighted by atomic mass is 19.1. The molecule has 0 aliphatic carbocycles. The Hall–Kier alpha value is -3.39. The topological polar surface area (TPSA) is 71.4 Å². The third-order valence-electron chi connectivity index (χ3n) is 7.34. The zero-order valence-corrected chi connectivity index (χ0v) is 19.7. The fourth-order valence-electron chi connectivity index (χ4n) is 5.60. The number of rotatable bonds is 3. The number of aromatic hydroxyl groups is 1. The molecular weight excluding hydrogens is 450 g/mol. The minimum Gasteiger partial charge on any atom is -0.508 e. The van der Waals surface area contributed by atoms with Gasteiger partial charge in [-0.2, -0.15) is 0 Å². The van der Waals surface area contributed by atoms with Crippen LogP contribution in [0.2, 0.25) is 0 Å². The number of fused-ring (bicyclic) bond motifs is 2. The number of phenols is 1. The van der Waals surface area contributed by atoms with Crippen LogP contribution in [0.15, 0.2) is 30.5 Å². The summed E-state index contributed by atoms with van der Waals surface area (Å²) in [5, 5.41) is 12.1. The summed E-state index contributed by atoms with van der Waals surface area (Å²) in [5.74, 6) is 0.0888. The fourth-order valence-corrected chi connectivity index (χ4v) is 5.60. The van der Waals surface area contributed by atoms with E-state index in [1.807, 2.05) is 6.92 Å². The SMILES string of the molecule is CCc1c(F)ccc2cc(O)cc(-c3ncc4c(N5CCC[C@@]6(CCO6)C5)nc(C)nc4c3F)c12. The Labute approximate surface area is 201 Å². The average molecular weight is 477 g/mol. The van der Waals surface area contributed by atoms with Gasteiger partial charge in [0.15, 0.2) is 5.82 Å². The smallest absolute Gasteiger partial charge is 0.175 e. The average Bonchev–Trinajstić information content (AvgIpc) is 2.83. The number of piperidine rings is 1. The molecule has 0 amide bonds. The van der Waals surface area contributed by atoms with Crippen LogP contribution in [-0.2, 0) is 11.2 Å². The Morgan fingerprint density at radius 3 is 2.74 bits per heavy atom. The van der Waals surface area contributed by atoms with Crippen LogP contribution in [0.1, 0.15) is 37.6 Å². The lowest BCUT2D eigenvalue weighted by Crippen LogP contribution is -2.56. The molecular formula is C27H26F2N4O2. The van der Waals surface area contributed by atoms with Crippen molar-refractivity contribution in [2.45, 2.75) is 45.1 Å². The first-order valence-electron chi connectivity index (χ1n) is 12.1. The van der Waals surface area contributed by atoms with E-state index in [-0.39, 0.29) is 28.4 Å². The normalized spacial score (nSPS) is 20.1. The van der Waals surface area contributed by atoms with Gasteiger partial charge < -0.3 is 14.7 Å². The second kappa shape index (κ2) is 8.09.